The lowest BCUT2D eigenvalue weighted by atomic mass is 9.71. The molecule has 1 aromatic carbocycles. The van der Waals surface area contributed by atoms with Gasteiger partial charge in [-0.25, -0.2) is 0 Å². The van der Waals surface area contributed by atoms with Crippen molar-refractivity contribution in [1.82, 2.24) is 9.88 Å². The predicted molar refractivity (Wildman–Crippen MR) is 103 cm³/mol. The second-order valence-corrected chi connectivity index (χ2v) is 7.73. The molecule has 0 amide bonds. The van der Waals surface area contributed by atoms with E-state index in [-0.39, 0.29) is 0 Å². The monoisotopic (exact) mass is 352 g/mol. The van der Waals surface area contributed by atoms with Crippen molar-refractivity contribution >= 4 is 10.9 Å². The maximum absolute atomic E-state index is 4.54. The van der Waals surface area contributed by atoms with Gasteiger partial charge in [0.25, 0.3) is 0 Å². The number of rotatable bonds is 1. The van der Waals surface area contributed by atoms with Crippen LogP contribution in [0.25, 0.3) is 10.9 Å². The van der Waals surface area contributed by atoms with Gasteiger partial charge in [0.2, 0.25) is 0 Å². The van der Waals surface area contributed by atoms with Crippen LogP contribution in [0.4, 0.5) is 0 Å². The Balaban J connectivity index is 0.000000301. The van der Waals surface area contributed by atoms with Crippen LogP contribution in [0.5, 0.6) is 0 Å². The van der Waals surface area contributed by atoms with Crippen molar-refractivity contribution in [2.45, 2.75) is 44.6 Å². The van der Waals surface area contributed by atoms with E-state index in [0.29, 0.717) is 6.04 Å². The summed E-state index contributed by atoms with van der Waals surface area (Å²) in [4.78, 5) is 14.4. The smallest absolute Gasteiger partial charge is 0.153 e. The number of nitrogens with zero attached hydrogens (tertiary/aromatic N) is 1. The topological polar surface area (TPSA) is 37.5 Å². The number of para-hydroxylation sites is 1. The molecule has 2 fully saturated rings. The first-order valence-electron chi connectivity index (χ1n) is 9.80. The lowest BCUT2D eigenvalue weighted by Gasteiger charge is -2.48. The van der Waals surface area contributed by atoms with Gasteiger partial charge in [-0.2, -0.15) is 4.89 Å². The number of H-pyrrole nitrogens is 1. The molecule has 3 heterocycles. The number of benzene rings is 1. The molecule has 4 heteroatoms. The van der Waals surface area contributed by atoms with Crippen molar-refractivity contribution in [3.63, 3.8) is 0 Å². The number of hydrogen-bond donors (Lipinski definition) is 1. The maximum atomic E-state index is 4.54. The van der Waals surface area contributed by atoms with Crippen LogP contribution in [-0.2, 0) is 16.2 Å². The first kappa shape index (κ1) is 17.5. The summed E-state index contributed by atoms with van der Waals surface area (Å²) in [7, 11) is 1.35. The minimum atomic E-state index is 0.667. The number of hydrogen-bond acceptors (Lipinski definition) is 3. The zero-order valence-corrected chi connectivity index (χ0v) is 15.5. The minimum Gasteiger partial charge on any atom is -0.357 e. The van der Waals surface area contributed by atoms with Crippen molar-refractivity contribution in [3.8, 4) is 12.5 Å². The van der Waals surface area contributed by atoms with Gasteiger partial charge >= 0.3 is 0 Å². The van der Waals surface area contributed by atoms with Crippen LogP contribution in [-0.4, -0.2) is 30.1 Å². The van der Waals surface area contributed by atoms with Crippen molar-refractivity contribution in [2.24, 2.45) is 11.8 Å². The van der Waals surface area contributed by atoms with E-state index < -0.39 is 0 Å². The largest absolute Gasteiger partial charge is 0.357 e. The van der Waals surface area contributed by atoms with Gasteiger partial charge in [-0.05, 0) is 42.7 Å². The Bertz CT molecular complexity index is 791. The summed E-state index contributed by atoms with van der Waals surface area (Å²) in [5.41, 5.74) is 4.50. The third-order valence-electron chi connectivity index (χ3n) is 6.46. The van der Waals surface area contributed by atoms with Gasteiger partial charge in [0.15, 0.2) is 6.11 Å². The van der Waals surface area contributed by atoms with E-state index >= 15 is 0 Å². The number of nitrogens with one attached hydrogen (secondary N) is 1. The Kier molecular flexibility index (Phi) is 5.19. The van der Waals surface area contributed by atoms with Gasteiger partial charge < -0.3 is 4.98 Å². The van der Waals surface area contributed by atoms with Crippen molar-refractivity contribution in [3.05, 3.63) is 35.5 Å². The van der Waals surface area contributed by atoms with Gasteiger partial charge in [0, 0.05) is 29.7 Å². The van der Waals surface area contributed by atoms with Gasteiger partial charge in [0.05, 0.1) is 13.2 Å². The van der Waals surface area contributed by atoms with Crippen LogP contribution in [0.2, 0.25) is 0 Å². The number of aromatic amines is 1. The lowest BCUT2D eigenvalue weighted by molar-refractivity contribution is -0.209. The number of aromatic nitrogens is 1. The Morgan fingerprint density at radius 2 is 2.00 bits per heavy atom. The summed E-state index contributed by atoms with van der Waals surface area (Å²) < 4.78 is 0. The zero-order chi connectivity index (χ0) is 17.9. The molecule has 26 heavy (non-hydrogen) atoms. The summed E-state index contributed by atoms with van der Waals surface area (Å²) in [6.07, 6.45) is 14.9. The molecular formula is C22H28N2O2. The molecule has 4 nitrogen and oxygen atoms in total. The summed E-state index contributed by atoms with van der Waals surface area (Å²) in [5, 5.41) is 1.47. The third kappa shape index (κ3) is 3.22. The summed E-state index contributed by atoms with van der Waals surface area (Å²) >= 11 is 0. The standard InChI is InChI=1S/C19H24N2.C3H4O2/c1-2-6-14-12-21-10-9-16-15-7-3-4-8-17(15)20-19(16)18(21)11-13(14)5-1;1-3-5-4-2/h3-4,7-8,13-14,18,20H,1-2,5-6,9-12H2;1H,2H3. The number of fused-ring (bicyclic) bond motifs is 6. The Labute approximate surface area is 155 Å². The van der Waals surface area contributed by atoms with Crippen LogP contribution >= 0.6 is 0 Å². The molecule has 0 bridgehead atoms. The van der Waals surface area contributed by atoms with E-state index in [4.69, 9.17) is 0 Å². The van der Waals surface area contributed by atoms with E-state index in [1.165, 1.54) is 69.6 Å². The lowest BCUT2D eigenvalue weighted by Crippen LogP contribution is -2.46. The number of piperidine rings is 1. The summed E-state index contributed by atoms with van der Waals surface area (Å²) in [5.74, 6) is 1.97. The van der Waals surface area contributed by atoms with E-state index in [1.807, 2.05) is 0 Å². The Hall–Kier alpha value is -1.96. The van der Waals surface area contributed by atoms with Crippen molar-refractivity contribution in [1.29, 1.82) is 0 Å². The first-order valence-corrected chi connectivity index (χ1v) is 9.80. The van der Waals surface area contributed by atoms with Gasteiger partial charge in [0.1, 0.15) is 0 Å². The van der Waals surface area contributed by atoms with Crippen LogP contribution in [0.15, 0.2) is 24.3 Å². The second kappa shape index (κ2) is 7.73. The highest BCUT2D eigenvalue weighted by molar-refractivity contribution is 5.85. The van der Waals surface area contributed by atoms with Crippen LogP contribution < -0.4 is 0 Å². The maximum Gasteiger partial charge on any atom is 0.153 e. The van der Waals surface area contributed by atoms with Gasteiger partial charge in [-0.15, -0.1) is 0 Å². The molecule has 3 aliphatic rings. The molecule has 0 spiro atoms. The fourth-order valence-electron chi connectivity index (χ4n) is 5.33. The molecule has 0 radical (unpaired) electrons. The summed E-state index contributed by atoms with van der Waals surface area (Å²) in [6.45, 7) is 2.62. The number of terminal acetylenes is 1. The molecular weight excluding hydrogens is 324 g/mol. The molecule has 138 valence electrons. The normalized spacial score (nSPS) is 27.3. The molecule has 3 unspecified atom stereocenters. The fraction of sp³-hybridized carbons (Fsp3) is 0.545. The fourth-order valence-corrected chi connectivity index (χ4v) is 5.33. The van der Waals surface area contributed by atoms with Crippen molar-refractivity contribution in [2.75, 3.05) is 20.2 Å². The van der Waals surface area contributed by atoms with E-state index in [0.717, 1.165) is 11.8 Å². The molecule has 1 saturated heterocycles. The highest BCUT2D eigenvalue weighted by Crippen LogP contribution is 2.46. The Morgan fingerprint density at radius 1 is 1.19 bits per heavy atom. The Morgan fingerprint density at radius 3 is 2.77 bits per heavy atom. The molecule has 5 rings (SSSR count). The van der Waals surface area contributed by atoms with E-state index in [1.54, 1.807) is 17.4 Å². The molecule has 1 aromatic heterocycles. The predicted octanol–water partition coefficient (Wildman–Crippen LogP) is 4.43. The van der Waals surface area contributed by atoms with Crippen LogP contribution in [0.3, 0.4) is 0 Å². The zero-order valence-electron chi connectivity index (χ0n) is 15.5. The van der Waals surface area contributed by atoms with E-state index in [9.17, 15) is 0 Å². The minimum absolute atomic E-state index is 0.667. The SMILES string of the molecule is C#COOC.c1ccc2c3c([nH]c2c1)C1CC2CCCCC2CN1CC3. The van der Waals surface area contributed by atoms with E-state index in [2.05, 4.69) is 50.3 Å². The summed E-state index contributed by atoms with van der Waals surface area (Å²) in [6, 6.07) is 9.54. The molecule has 1 saturated carbocycles. The molecule has 2 aromatic rings. The average Bonchev–Trinajstić information content (AvgIpc) is 3.07. The first-order chi connectivity index (χ1) is 12.8. The third-order valence-corrected chi connectivity index (χ3v) is 6.46. The average molecular weight is 352 g/mol. The van der Waals surface area contributed by atoms with Crippen LogP contribution in [0.1, 0.15) is 49.4 Å². The molecule has 2 aliphatic heterocycles. The molecule has 1 N–H and O–H groups in total. The van der Waals surface area contributed by atoms with Gasteiger partial charge in [-0.3, -0.25) is 9.79 Å². The molecule has 3 atom stereocenters. The second-order valence-electron chi connectivity index (χ2n) is 7.73. The quantitative estimate of drug-likeness (QED) is 0.469. The van der Waals surface area contributed by atoms with Crippen molar-refractivity contribution < 1.29 is 9.78 Å². The van der Waals surface area contributed by atoms with Gasteiger partial charge in [-0.1, -0.05) is 43.9 Å². The van der Waals surface area contributed by atoms with Crippen LogP contribution in [0, 0.1) is 24.4 Å². The highest BCUT2D eigenvalue weighted by Gasteiger charge is 2.40. The highest BCUT2D eigenvalue weighted by atomic mass is 17.2. The molecule has 1 aliphatic carbocycles.